The maximum Gasteiger partial charge on any atom is 0.0906 e. The summed E-state index contributed by atoms with van der Waals surface area (Å²) in [6.45, 7) is 0.739. The maximum absolute atomic E-state index is 12.0. The van der Waals surface area contributed by atoms with E-state index in [1.54, 1.807) is 0 Å². The van der Waals surface area contributed by atoms with Gasteiger partial charge in [-0.25, -0.2) is 0 Å². The fourth-order valence-electron chi connectivity index (χ4n) is 2.88. The minimum absolute atomic E-state index is 0.178. The number of nitrogens with zero attached hydrogens (tertiary/aromatic N) is 1. The van der Waals surface area contributed by atoms with Gasteiger partial charge in [0.15, 0.2) is 0 Å². The highest BCUT2D eigenvalue weighted by atomic mass is 19.1. The summed E-state index contributed by atoms with van der Waals surface area (Å²) in [7, 11) is 2.14. The minimum atomic E-state index is -0.178. The molecule has 0 saturated carbocycles. The molecule has 0 spiro atoms. The van der Waals surface area contributed by atoms with E-state index >= 15 is 0 Å². The zero-order valence-corrected chi connectivity index (χ0v) is 9.01. The third-order valence-electron chi connectivity index (χ3n) is 3.72. The molecule has 2 unspecified atom stereocenters. The Balaban J connectivity index is 1.80. The Hall–Kier alpha value is -0.150. The summed E-state index contributed by atoms with van der Waals surface area (Å²) in [5, 5.41) is 3.63. The second-order valence-electron chi connectivity index (χ2n) is 4.79. The van der Waals surface area contributed by atoms with Gasteiger partial charge in [0.25, 0.3) is 0 Å². The van der Waals surface area contributed by atoms with Crippen LogP contribution in [0, 0.1) is 0 Å². The van der Waals surface area contributed by atoms with E-state index in [0.29, 0.717) is 12.5 Å². The molecule has 14 heavy (non-hydrogen) atoms. The topological polar surface area (TPSA) is 15.3 Å². The number of nitrogens with one attached hydrogen (secondary N) is 1. The standard InChI is InChI=1S/C11H21FN2/c1-14(6-2-5-12)11-7-9-3-4-10(8-11)13-9/h9-11,13H,2-8H2,1H3. The quantitative estimate of drug-likeness (QED) is 0.741. The third kappa shape index (κ3) is 2.26. The smallest absolute Gasteiger partial charge is 0.0906 e. The van der Waals surface area contributed by atoms with E-state index in [0.717, 1.165) is 18.6 Å². The van der Waals surface area contributed by atoms with Crippen molar-refractivity contribution in [1.29, 1.82) is 0 Å². The summed E-state index contributed by atoms with van der Waals surface area (Å²) in [4.78, 5) is 2.35. The van der Waals surface area contributed by atoms with E-state index in [1.807, 2.05) is 0 Å². The van der Waals surface area contributed by atoms with E-state index < -0.39 is 0 Å². The normalized spacial score (nSPS) is 36.6. The molecule has 2 nitrogen and oxygen atoms in total. The second-order valence-corrected chi connectivity index (χ2v) is 4.79. The first-order valence-corrected chi connectivity index (χ1v) is 5.82. The Morgan fingerprint density at radius 2 is 1.93 bits per heavy atom. The third-order valence-corrected chi connectivity index (χ3v) is 3.72. The highest BCUT2D eigenvalue weighted by molar-refractivity contribution is 4.95. The summed E-state index contributed by atoms with van der Waals surface area (Å²) in [5.41, 5.74) is 0. The monoisotopic (exact) mass is 200 g/mol. The van der Waals surface area contributed by atoms with Gasteiger partial charge in [-0.05, 0) is 39.2 Å². The van der Waals surface area contributed by atoms with E-state index in [-0.39, 0.29) is 6.67 Å². The van der Waals surface area contributed by atoms with Gasteiger partial charge in [0, 0.05) is 24.7 Å². The highest BCUT2D eigenvalue weighted by Gasteiger charge is 2.34. The van der Waals surface area contributed by atoms with Gasteiger partial charge in [0.2, 0.25) is 0 Å². The minimum Gasteiger partial charge on any atom is -0.311 e. The molecule has 0 amide bonds. The Morgan fingerprint density at radius 3 is 2.50 bits per heavy atom. The predicted molar refractivity (Wildman–Crippen MR) is 56.2 cm³/mol. The van der Waals surface area contributed by atoms with Crippen LogP contribution in [0.4, 0.5) is 4.39 Å². The van der Waals surface area contributed by atoms with Gasteiger partial charge in [-0.3, -0.25) is 4.39 Å². The van der Waals surface area contributed by atoms with Crippen LogP contribution < -0.4 is 5.32 Å². The summed E-state index contributed by atoms with van der Waals surface area (Å²) >= 11 is 0. The Bertz CT molecular complexity index is 174. The fourth-order valence-corrected chi connectivity index (χ4v) is 2.88. The molecule has 2 rings (SSSR count). The average Bonchev–Trinajstić information content (AvgIpc) is 2.54. The SMILES string of the molecule is CN(CCCF)C1CC2CCC(C1)N2. The molecule has 0 aromatic carbocycles. The Morgan fingerprint density at radius 1 is 1.29 bits per heavy atom. The molecule has 2 aliphatic heterocycles. The molecule has 2 saturated heterocycles. The zero-order chi connectivity index (χ0) is 9.97. The fraction of sp³-hybridized carbons (Fsp3) is 1.00. The molecule has 3 heteroatoms. The van der Waals surface area contributed by atoms with Crippen molar-refractivity contribution in [3.63, 3.8) is 0 Å². The molecular weight excluding hydrogens is 179 g/mol. The lowest BCUT2D eigenvalue weighted by Crippen LogP contribution is -2.47. The molecule has 2 atom stereocenters. The summed E-state index contributed by atoms with van der Waals surface area (Å²) in [6, 6.07) is 2.18. The van der Waals surface area contributed by atoms with Gasteiger partial charge in [-0.1, -0.05) is 0 Å². The van der Waals surface area contributed by atoms with Gasteiger partial charge in [-0.2, -0.15) is 0 Å². The van der Waals surface area contributed by atoms with E-state index in [2.05, 4.69) is 17.3 Å². The lowest BCUT2D eigenvalue weighted by Gasteiger charge is -2.35. The number of hydrogen-bond donors (Lipinski definition) is 1. The lowest BCUT2D eigenvalue weighted by atomic mass is 9.98. The van der Waals surface area contributed by atoms with Crippen LogP contribution in [-0.2, 0) is 0 Å². The second kappa shape index (κ2) is 4.58. The molecule has 0 radical (unpaired) electrons. The Labute approximate surface area is 85.9 Å². The van der Waals surface area contributed by atoms with Crippen LogP contribution in [0.2, 0.25) is 0 Å². The van der Waals surface area contributed by atoms with Crippen LogP contribution in [0.3, 0.4) is 0 Å². The molecule has 2 fully saturated rings. The number of rotatable bonds is 4. The van der Waals surface area contributed by atoms with Crippen molar-refractivity contribution in [1.82, 2.24) is 10.2 Å². The van der Waals surface area contributed by atoms with Gasteiger partial charge in [-0.15, -0.1) is 0 Å². The molecule has 1 N–H and O–H groups in total. The lowest BCUT2D eigenvalue weighted by molar-refractivity contribution is 0.167. The molecule has 82 valence electrons. The van der Waals surface area contributed by atoms with Crippen molar-refractivity contribution < 1.29 is 4.39 Å². The molecule has 2 bridgehead atoms. The maximum atomic E-state index is 12.0. The first kappa shape index (κ1) is 10.4. The van der Waals surface area contributed by atoms with Crippen LogP contribution in [0.25, 0.3) is 0 Å². The first-order valence-electron chi connectivity index (χ1n) is 5.82. The Kier molecular flexibility index (Phi) is 3.39. The van der Waals surface area contributed by atoms with E-state index in [1.165, 1.54) is 25.7 Å². The van der Waals surface area contributed by atoms with Crippen LogP contribution in [0.15, 0.2) is 0 Å². The number of alkyl halides is 1. The zero-order valence-electron chi connectivity index (χ0n) is 9.01. The van der Waals surface area contributed by atoms with E-state index in [4.69, 9.17) is 0 Å². The van der Waals surface area contributed by atoms with Crippen molar-refractivity contribution in [2.75, 3.05) is 20.3 Å². The molecular formula is C11H21FN2. The summed E-state index contributed by atoms with van der Waals surface area (Å²) in [5.74, 6) is 0. The molecule has 0 aliphatic carbocycles. The van der Waals surface area contributed by atoms with Gasteiger partial charge < -0.3 is 10.2 Å². The summed E-state index contributed by atoms with van der Waals surface area (Å²) < 4.78 is 12.0. The van der Waals surface area contributed by atoms with Crippen molar-refractivity contribution in [3.8, 4) is 0 Å². The molecule has 2 heterocycles. The van der Waals surface area contributed by atoms with Crippen molar-refractivity contribution in [2.45, 2.75) is 50.2 Å². The molecule has 0 aromatic heterocycles. The summed E-state index contributed by atoms with van der Waals surface area (Å²) in [6.07, 6.45) is 5.91. The van der Waals surface area contributed by atoms with Crippen molar-refractivity contribution in [3.05, 3.63) is 0 Å². The van der Waals surface area contributed by atoms with Crippen molar-refractivity contribution in [2.24, 2.45) is 0 Å². The largest absolute Gasteiger partial charge is 0.311 e. The number of halogens is 1. The molecule has 2 aliphatic rings. The van der Waals surface area contributed by atoms with Gasteiger partial charge in [0.1, 0.15) is 0 Å². The first-order chi connectivity index (χ1) is 6.79. The van der Waals surface area contributed by atoms with Crippen LogP contribution in [0.1, 0.15) is 32.1 Å². The molecule has 0 aromatic rings. The number of fused-ring (bicyclic) bond motifs is 2. The predicted octanol–water partition coefficient (Wildman–Crippen LogP) is 1.56. The van der Waals surface area contributed by atoms with Gasteiger partial charge in [0.05, 0.1) is 6.67 Å². The number of hydrogen-bond acceptors (Lipinski definition) is 2. The van der Waals surface area contributed by atoms with Gasteiger partial charge >= 0.3 is 0 Å². The number of piperidine rings is 1. The van der Waals surface area contributed by atoms with Crippen LogP contribution >= 0.6 is 0 Å². The van der Waals surface area contributed by atoms with Crippen LogP contribution in [0.5, 0.6) is 0 Å². The van der Waals surface area contributed by atoms with E-state index in [9.17, 15) is 4.39 Å². The highest BCUT2D eigenvalue weighted by Crippen LogP contribution is 2.29. The van der Waals surface area contributed by atoms with Crippen molar-refractivity contribution >= 4 is 0 Å². The average molecular weight is 200 g/mol. The van der Waals surface area contributed by atoms with Crippen LogP contribution in [-0.4, -0.2) is 43.3 Å².